The molecule has 2 bridgehead atoms. The highest BCUT2D eigenvalue weighted by molar-refractivity contribution is 6.29. The third-order valence-electron chi connectivity index (χ3n) is 6.83. The molecule has 0 N–H and O–H groups in total. The first kappa shape index (κ1) is 20.0. The number of hydrogen-bond acceptors (Lipinski definition) is 5. The first-order chi connectivity index (χ1) is 16.2. The summed E-state index contributed by atoms with van der Waals surface area (Å²) in [6, 6.07) is 21.3. The summed E-state index contributed by atoms with van der Waals surface area (Å²) >= 11 is 0. The maximum Gasteiger partial charge on any atom is 0.250 e. The van der Waals surface area contributed by atoms with E-state index in [1.165, 1.54) is 6.21 Å². The number of ketones is 1. The molecule has 164 valence electrons. The molecular weight excluding hydrogens is 412 g/mol. The summed E-state index contributed by atoms with van der Waals surface area (Å²) < 4.78 is 1.92. The number of fused-ring (bicyclic) bond motifs is 6. The van der Waals surface area contributed by atoms with E-state index in [0.717, 1.165) is 59.2 Å². The molecule has 4 aromatic rings. The molecule has 2 unspecified atom stereocenters. The highest BCUT2D eigenvalue weighted by atomic mass is 16.1. The van der Waals surface area contributed by atoms with Gasteiger partial charge in [0.15, 0.2) is 5.78 Å². The van der Waals surface area contributed by atoms with Gasteiger partial charge in [0.1, 0.15) is 0 Å². The summed E-state index contributed by atoms with van der Waals surface area (Å²) in [5.41, 5.74) is 3.70. The number of carbonyl (C=O) groups is 1. The van der Waals surface area contributed by atoms with Gasteiger partial charge in [0.25, 0.3) is 5.56 Å². The van der Waals surface area contributed by atoms with Crippen molar-refractivity contribution in [2.45, 2.75) is 18.9 Å². The minimum Gasteiger partial charge on any atom is -0.312 e. The Hall–Kier alpha value is -3.64. The molecule has 0 amide bonds. The van der Waals surface area contributed by atoms with E-state index in [1.807, 2.05) is 59.2 Å². The molecule has 1 fully saturated rings. The predicted molar refractivity (Wildman–Crippen MR) is 130 cm³/mol. The van der Waals surface area contributed by atoms with Crippen LogP contribution in [0.4, 0.5) is 5.69 Å². The molecule has 2 aromatic heterocycles. The smallest absolute Gasteiger partial charge is 0.250 e. The Morgan fingerprint density at radius 1 is 0.939 bits per heavy atom. The number of hydrogen-bond donors (Lipinski definition) is 0. The summed E-state index contributed by atoms with van der Waals surface area (Å²) in [6.45, 7) is 2.70. The Labute approximate surface area is 191 Å². The molecule has 2 atom stereocenters. The molecule has 6 rings (SSSR count). The van der Waals surface area contributed by atoms with Gasteiger partial charge in [0, 0.05) is 48.1 Å². The number of pyridine rings is 2. The topological polar surface area (TPSA) is 67.6 Å². The molecule has 2 aromatic carbocycles. The number of para-hydroxylation sites is 2. The Morgan fingerprint density at radius 2 is 1.67 bits per heavy atom. The van der Waals surface area contributed by atoms with Crippen LogP contribution in [0.5, 0.6) is 0 Å². The number of aromatic nitrogens is 2. The number of carbonyl (C=O) groups excluding carboxylic acids is 1. The number of Topliss-reactive ketones (excluding diaryl/α,β-unsaturated/α-hetero) is 1. The number of piperidine rings is 1. The average molecular weight is 437 g/mol. The fraction of sp³-hybridized carbons (Fsp3) is 0.259. The number of likely N-dealkylation sites (tertiary alicyclic amines) is 1. The third kappa shape index (κ3) is 3.66. The van der Waals surface area contributed by atoms with Crippen LogP contribution in [0, 0.1) is 5.92 Å². The van der Waals surface area contributed by atoms with Crippen LogP contribution in [0.3, 0.4) is 0 Å². The SMILES string of the molecule is O=C(C=Nc1c2ccccc2nc2ccccc12)CN1CC2CC(C1)c1cccc(=O)n1C2. The molecule has 0 saturated carbocycles. The van der Waals surface area contributed by atoms with Gasteiger partial charge in [-0.05, 0) is 30.5 Å². The van der Waals surface area contributed by atoms with Crippen LogP contribution in [0.1, 0.15) is 18.0 Å². The van der Waals surface area contributed by atoms with Gasteiger partial charge in [0.05, 0.1) is 29.5 Å². The van der Waals surface area contributed by atoms with E-state index in [9.17, 15) is 9.59 Å². The number of rotatable bonds is 4. The minimum atomic E-state index is -0.00889. The van der Waals surface area contributed by atoms with Crippen molar-refractivity contribution in [1.29, 1.82) is 0 Å². The van der Waals surface area contributed by atoms with Gasteiger partial charge >= 0.3 is 0 Å². The highest BCUT2D eigenvalue weighted by Gasteiger charge is 2.34. The Morgan fingerprint density at radius 3 is 2.42 bits per heavy atom. The van der Waals surface area contributed by atoms with Gasteiger partial charge in [-0.15, -0.1) is 0 Å². The maximum absolute atomic E-state index is 12.9. The second-order valence-electron chi connectivity index (χ2n) is 9.11. The van der Waals surface area contributed by atoms with Gasteiger partial charge in [-0.2, -0.15) is 0 Å². The van der Waals surface area contributed by atoms with Crippen molar-refractivity contribution in [2.24, 2.45) is 10.9 Å². The molecule has 1 saturated heterocycles. The van der Waals surface area contributed by atoms with Crippen LogP contribution >= 0.6 is 0 Å². The second kappa shape index (κ2) is 8.05. The molecule has 6 nitrogen and oxygen atoms in total. The summed E-state index contributed by atoms with van der Waals surface area (Å²) in [5.74, 6) is 0.684. The fourth-order valence-corrected chi connectivity index (χ4v) is 5.48. The molecule has 0 aliphatic carbocycles. The van der Waals surface area contributed by atoms with Crippen molar-refractivity contribution in [3.05, 3.63) is 82.8 Å². The summed E-state index contributed by atoms with van der Waals surface area (Å²) in [5, 5.41) is 1.88. The Bertz CT molecular complexity index is 1420. The van der Waals surface area contributed by atoms with Crippen molar-refractivity contribution < 1.29 is 4.79 Å². The first-order valence-corrected chi connectivity index (χ1v) is 11.4. The van der Waals surface area contributed by atoms with E-state index >= 15 is 0 Å². The van der Waals surface area contributed by atoms with Gasteiger partial charge in [-0.25, -0.2) is 4.98 Å². The fourth-order valence-electron chi connectivity index (χ4n) is 5.48. The summed E-state index contributed by atoms with van der Waals surface area (Å²) in [6.07, 6.45) is 2.55. The Balaban J connectivity index is 1.25. The maximum atomic E-state index is 12.9. The van der Waals surface area contributed by atoms with Crippen molar-refractivity contribution in [1.82, 2.24) is 14.5 Å². The molecule has 0 spiro atoms. The lowest BCUT2D eigenvalue weighted by Crippen LogP contribution is -2.48. The average Bonchev–Trinajstić information content (AvgIpc) is 2.82. The molecule has 4 heterocycles. The third-order valence-corrected chi connectivity index (χ3v) is 6.83. The van der Waals surface area contributed by atoms with Crippen molar-refractivity contribution in [3.8, 4) is 0 Å². The molecule has 6 heteroatoms. The normalized spacial score (nSPS) is 20.4. The molecular formula is C27H24N4O2. The van der Waals surface area contributed by atoms with Crippen molar-refractivity contribution in [2.75, 3.05) is 19.6 Å². The zero-order valence-corrected chi connectivity index (χ0v) is 18.2. The molecule has 33 heavy (non-hydrogen) atoms. The molecule has 2 aliphatic rings. The van der Waals surface area contributed by atoms with Crippen LogP contribution in [0.2, 0.25) is 0 Å². The lowest BCUT2D eigenvalue weighted by molar-refractivity contribution is -0.114. The zero-order valence-electron chi connectivity index (χ0n) is 18.2. The number of nitrogens with zero attached hydrogens (tertiary/aromatic N) is 4. The summed E-state index contributed by atoms with van der Waals surface area (Å²) in [4.78, 5) is 36.8. The van der Waals surface area contributed by atoms with Gasteiger partial charge in [0.2, 0.25) is 0 Å². The lowest BCUT2D eigenvalue weighted by Gasteiger charge is -2.42. The van der Waals surface area contributed by atoms with Crippen molar-refractivity contribution >= 4 is 39.5 Å². The van der Waals surface area contributed by atoms with Gasteiger partial charge < -0.3 is 4.57 Å². The Kier molecular flexibility index (Phi) is 4.88. The van der Waals surface area contributed by atoms with Crippen LogP contribution in [0.15, 0.2) is 76.5 Å². The van der Waals surface area contributed by atoms with Gasteiger partial charge in [-0.3, -0.25) is 19.5 Å². The molecule has 0 radical (unpaired) electrons. The standard InChI is InChI=1S/C27H24N4O2/c32-20(17-30-14-18-12-19(16-30)25-10-5-11-26(33)31(25)15-18)13-28-27-21-6-1-3-8-23(21)29-24-9-4-2-7-22(24)27/h1-11,13,18-19H,12,14-17H2. The zero-order chi connectivity index (χ0) is 22.4. The number of aliphatic imine (C=N–C) groups is 1. The van der Waals surface area contributed by atoms with E-state index in [1.54, 1.807) is 6.07 Å². The van der Waals surface area contributed by atoms with E-state index in [0.29, 0.717) is 18.4 Å². The molecule has 2 aliphatic heterocycles. The van der Waals surface area contributed by atoms with E-state index < -0.39 is 0 Å². The van der Waals surface area contributed by atoms with Gasteiger partial charge in [-0.1, -0.05) is 42.5 Å². The second-order valence-corrected chi connectivity index (χ2v) is 9.11. The van der Waals surface area contributed by atoms with Crippen LogP contribution in [-0.2, 0) is 11.3 Å². The van der Waals surface area contributed by atoms with Crippen LogP contribution < -0.4 is 5.56 Å². The van der Waals surface area contributed by atoms with Crippen LogP contribution in [0.25, 0.3) is 21.8 Å². The highest BCUT2D eigenvalue weighted by Crippen LogP contribution is 2.35. The monoisotopic (exact) mass is 436 g/mol. The predicted octanol–water partition coefficient (Wildman–Crippen LogP) is 3.94. The largest absolute Gasteiger partial charge is 0.312 e. The van der Waals surface area contributed by atoms with E-state index in [2.05, 4.69) is 16.0 Å². The quantitative estimate of drug-likeness (QED) is 0.359. The van der Waals surface area contributed by atoms with E-state index in [-0.39, 0.29) is 11.3 Å². The lowest BCUT2D eigenvalue weighted by atomic mass is 9.83. The number of benzene rings is 2. The first-order valence-electron chi connectivity index (χ1n) is 11.4. The minimum absolute atomic E-state index is 0.00889. The summed E-state index contributed by atoms with van der Waals surface area (Å²) in [7, 11) is 0. The van der Waals surface area contributed by atoms with E-state index in [4.69, 9.17) is 4.98 Å². The van der Waals surface area contributed by atoms with Crippen LogP contribution in [-0.4, -0.2) is 46.1 Å². The van der Waals surface area contributed by atoms with Crippen molar-refractivity contribution in [3.63, 3.8) is 0 Å².